The highest BCUT2D eigenvalue weighted by molar-refractivity contribution is 7.10. The molecule has 2 aromatic rings. The highest BCUT2D eigenvalue weighted by Gasteiger charge is 2.24. The van der Waals surface area contributed by atoms with Crippen LogP contribution in [0.15, 0.2) is 17.6 Å². The summed E-state index contributed by atoms with van der Waals surface area (Å²) in [5.74, 6) is 1.34. The summed E-state index contributed by atoms with van der Waals surface area (Å²) in [7, 11) is 3.18. The van der Waals surface area contributed by atoms with Crippen molar-refractivity contribution in [3.05, 3.63) is 28.2 Å². The van der Waals surface area contributed by atoms with Crippen LogP contribution in [-0.4, -0.2) is 29.1 Å². The molecule has 0 aliphatic carbocycles. The summed E-state index contributed by atoms with van der Waals surface area (Å²) in [6.07, 6.45) is 0.859. The molecule has 1 atom stereocenters. The van der Waals surface area contributed by atoms with E-state index in [0.29, 0.717) is 11.4 Å². The largest absolute Gasteiger partial charge is 0.496 e. The monoisotopic (exact) mass is 282 g/mol. The molecule has 0 saturated heterocycles. The fourth-order valence-corrected chi connectivity index (χ4v) is 2.75. The molecule has 104 valence electrons. The van der Waals surface area contributed by atoms with Crippen molar-refractivity contribution >= 4 is 11.3 Å². The third kappa shape index (κ3) is 2.59. The Morgan fingerprint density at radius 1 is 1.32 bits per heavy atom. The molecule has 0 amide bonds. The van der Waals surface area contributed by atoms with Gasteiger partial charge in [0.15, 0.2) is 5.75 Å². The van der Waals surface area contributed by atoms with Crippen LogP contribution in [0.2, 0.25) is 0 Å². The Bertz CT molecular complexity index is 548. The van der Waals surface area contributed by atoms with Gasteiger partial charge in [-0.1, -0.05) is 0 Å². The summed E-state index contributed by atoms with van der Waals surface area (Å²) in [6, 6.07) is 1.97. The average molecular weight is 282 g/mol. The minimum Gasteiger partial charge on any atom is -0.496 e. The lowest BCUT2D eigenvalue weighted by Gasteiger charge is -2.16. The molecule has 0 aliphatic heterocycles. The van der Waals surface area contributed by atoms with Crippen molar-refractivity contribution in [2.75, 3.05) is 14.2 Å². The molecule has 1 unspecified atom stereocenters. The minimum absolute atomic E-state index is 0.149. The van der Waals surface area contributed by atoms with Crippen molar-refractivity contribution in [1.29, 1.82) is 0 Å². The zero-order valence-electron chi connectivity index (χ0n) is 11.5. The number of thiophene rings is 1. The van der Waals surface area contributed by atoms with Crippen LogP contribution in [0.5, 0.6) is 11.5 Å². The maximum atomic E-state index is 10.5. The molecule has 2 heterocycles. The Kier molecular flexibility index (Phi) is 4.11. The van der Waals surface area contributed by atoms with E-state index in [1.165, 1.54) is 11.3 Å². The Balaban J connectivity index is 2.41. The summed E-state index contributed by atoms with van der Waals surface area (Å²) < 4.78 is 12.2. The molecule has 0 saturated carbocycles. The Hall–Kier alpha value is -1.53. The molecule has 0 spiro atoms. The number of methoxy groups -OCH3 is 2. The van der Waals surface area contributed by atoms with Crippen LogP contribution in [-0.2, 0) is 0 Å². The molecule has 0 radical (unpaired) electrons. The lowest BCUT2D eigenvalue weighted by molar-refractivity contribution is 0.203. The van der Waals surface area contributed by atoms with Gasteiger partial charge >= 0.3 is 0 Å². The lowest BCUT2D eigenvalue weighted by atomic mass is 10.2. The zero-order valence-corrected chi connectivity index (χ0v) is 12.3. The van der Waals surface area contributed by atoms with E-state index in [1.807, 2.05) is 25.3 Å². The van der Waals surface area contributed by atoms with Gasteiger partial charge in [-0.05, 0) is 19.9 Å². The number of nitrogens with zero attached hydrogens (tertiary/aromatic N) is 2. The van der Waals surface area contributed by atoms with Crippen molar-refractivity contribution in [1.82, 2.24) is 9.78 Å². The molecule has 5 nitrogen and oxygen atoms in total. The van der Waals surface area contributed by atoms with E-state index < -0.39 is 6.10 Å². The predicted molar refractivity (Wildman–Crippen MR) is 74.1 cm³/mol. The van der Waals surface area contributed by atoms with E-state index in [1.54, 1.807) is 25.1 Å². The number of aliphatic hydroxyl groups is 1. The molecule has 2 rings (SSSR count). The van der Waals surface area contributed by atoms with Gasteiger partial charge in [0.2, 0.25) is 0 Å². The van der Waals surface area contributed by atoms with Gasteiger partial charge in [0.05, 0.1) is 20.4 Å². The Labute approximate surface area is 116 Å². The molecule has 1 N–H and O–H groups in total. The summed E-state index contributed by atoms with van der Waals surface area (Å²) in [5.41, 5.74) is 0.669. The van der Waals surface area contributed by atoms with Crippen LogP contribution in [0, 0.1) is 0 Å². The van der Waals surface area contributed by atoms with E-state index in [2.05, 4.69) is 5.10 Å². The second kappa shape index (κ2) is 5.63. The number of ether oxygens (including phenoxy) is 2. The summed E-state index contributed by atoms with van der Waals surface area (Å²) in [6.45, 7) is 4.02. The first kappa shape index (κ1) is 13.9. The van der Waals surface area contributed by atoms with Gasteiger partial charge < -0.3 is 14.6 Å². The van der Waals surface area contributed by atoms with Crippen LogP contribution in [0.25, 0.3) is 0 Å². The van der Waals surface area contributed by atoms with Gasteiger partial charge in [0, 0.05) is 16.3 Å². The van der Waals surface area contributed by atoms with Crippen LogP contribution >= 0.6 is 11.3 Å². The smallest absolute Gasteiger partial charge is 0.163 e. The number of aliphatic hydroxyl groups excluding tert-OH is 1. The van der Waals surface area contributed by atoms with E-state index in [4.69, 9.17) is 9.47 Å². The first-order chi connectivity index (χ1) is 9.08. The fourth-order valence-electron chi connectivity index (χ4n) is 1.90. The molecule has 0 aliphatic rings. The number of hydrogen-bond acceptors (Lipinski definition) is 5. The molecular weight excluding hydrogens is 264 g/mol. The van der Waals surface area contributed by atoms with Gasteiger partial charge in [-0.2, -0.15) is 5.10 Å². The molecule has 0 aromatic carbocycles. The Morgan fingerprint density at radius 2 is 2.05 bits per heavy atom. The summed E-state index contributed by atoms with van der Waals surface area (Å²) in [5, 5.41) is 16.7. The molecular formula is C13H18N2O3S. The van der Waals surface area contributed by atoms with Crippen molar-refractivity contribution in [3.8, 4) is 11.5 Å². The van der Waals surface area contributed by atoms with E-state index >= 15 is 0 Å². The van der Waals surface area contributed by atoms with E-state index in [9.17, 15) is 5.11 Å². The van der Waals surface area contributed by atoms with Crippen molar-refractivity contribution in [2.24, 2.45) is 0 Å². The lowest BCUT2D eigenvalue weighted by Crippen LogP contribution is -2.12. The van der Waals surface area contributed by atoms with E-state index in [0.717, 1.165) is 10.6 Å². The Morgan fingerprint density at radius 3 is 2.58 bits per heavy atom. The molecule has 19 heavy (non-hydrogen) atoms. The fraction of sp³-hybridized carbons (Fsp3) is 0.462. The number of hydrogen-bond donors (Lipinski definition) is 1. The second-order valence-electron chi connectivity index (χ2n) is 4.43. The van der Waals surface area contributed by atoms with Gasteiger partial charge in [0.1, 0.15) is 17.5 Å². The molecule has 6 heteroatoms. The topological polar surface area (TPSA) is 56.5 Å². The maximum absolute atomic E-state index is 10.5. The van der Waals surface area contributed by atoms with Gasteiger partial charge in [-0.25, -0.2) is 0 Å². The van der Waals surface area contributed by atoms with Gasteiger partial charge in [-0.15, -0.1) is 11.3 Å². The van der Waals surface area contributed by atoms with Crippen molar-refractivity contribution in [3.63, 3.8) is 0 Å². The molecule has 0 bridgehead atoms. The summed E-state index contributed by atoms with van der Waals surface area (Å²) >= 11 is 1.45. The number of aromatic nitrogens is 2. The van der Waals surface area contributed by atoms with Crippen LogP contribution < -0.4 is 9.47 Å². The van der Waals surface area contributed by atoms with E-state index in [-0.39, 0.29) is 6.04 Å². The highest BCUT2D eigenvalue weighted by Crippen LogP contribution is 2.36. The minimum atomic E-state index is -0.770. The van der Waals surface area contributed by atoms with Gasteiger partial charge in [-0.3, -0.25) is 4.68 Å². The van der Waals surface area contributed by atoms with Gasteiger partial charge in [0.25, 0.3) is 0 Å². The van der Waals surface area contributed by atoms with Crippen LogP contribution in [0.1, 0.15) is 36.6 Å². The quantitative estimate of drug-likeness (QED) is 0.916. The van der Waals surface area contributed by atoms with Crippen LogP contribution in [0.4, 0.5) is 0 Å². The zero-order chi connectivity index (χ0) is 14.0. The van der Waals surface area contributed by atoms with Crippen LogP contribution in [0.3, 0.4) is 0 Å². The van der Waals surface area contributed by atoms with Crippen molar-refractivity contribution in [2.45, 2.75) is 26.0 Å². The second-order valence-corrected chi connectivity index (χ2v) is 5.37. The SMILES string of the molecule is COc1csc(C(O)c2c(OC)cnn2C(C)C)c1. The first-order valence-corrected chi connectivity index (χ1v) is 6.88. The predicted octanol–water partition coefficient (Wildman–Crippen LogP) is 2.62. The first-order valence-electron chi connectivity index (χ1n) is 6.00. The number of rotatable bonds is 5. The molecule has 0 fully saturated rings. The molecule has 2 aromatic heterocycles. The third-order valence-electron chi connectivity index (χ3n) is 2.87. The third-order valence-corrected chi connectivity index (χ3v) is 3.83. The average Bonchev–Trinajstić information content (AvgIpc) is 3.03. The maximum Gasteiger partial charge on any atom is 0.163 e. The van der Waals surface area contributed by atoms with Crippen molar-refractivity contribution < 1.29 is 14.6 Å². The highest BCUT2D eigenvalue weighted by atomic mass is 32.1. The normalized spacial score (nSPS) is 12.7. The standard InChI is InChI=1S/C13H18N2O3S/c1-8(2)15-12(10(18-4)6-14-15)13(16)11-5-9(17-3)7-19-11/h5-8,13,16H,1-4H3. The summed E-state index contributed by atoms with van der Waals surface area (Å²) in [4.78, 5) is 0.803.